The lowest BCUT2D eigenvalue weighted by atomic mass is 10.0. The molecular formula is C22H28ClN3O2. The van der Waals surface area contributed by atoms with E-state index in [0.717, 1.165) is 31.5 Å². The fourth-order valence-electron chi connectivity index (χ4n) is 3.67. The van der Waals surface area contributed by atoms with Crippen LogP contribution < -0.4 is 10.6 Å². The second-order valence-electron chi connectivity index (χ2n) is 6.95. The number of carbonyl (C=O) groups is 2. The summed E-state index contributed by atoms with van der Waals surface area (Å²) in [5.74, 6) is -0.0691. The van der Waals surface area contributed by atoms with Crippen molar-refractivity contribution in [2.75, 3.05) is 20.1 Å². The smallest absolute Gasteiger partial charge is 0.251 e. The summed E-state index contributed by atoms with van der Waals surface area (Å²) in [5, 5.41) is 6.22. The lowest BCUT2D eigenvalue weighted by Crippen LogP contribution is -2.42. The van der Waals surface area contributed by atoms with Crippen LogP contribution in [0.5, 0.6) is 0 Å². The van der Waals surface area contributed by atoms with Gasteiger partial charge in [0.2, 0.25) is 5.91 Å². The first-order valence-corrected chi connectivity index (χ1v) is 9.54. The van der Waals surface area contributed by atoms with Crippen LogP contribution in [-0.2, 0) is 4.79 Å². The molecule has 1 saturated heterocycles. The summed E-state index contributed by atoms with van der Waals surface area (Å²) in [4.78, 5) is 27.6. The van der Waals surface area contributed by atoms with Crippen LogP contribution in [0.3, 0.4) is 0 Å². The van der Waals surface area contributed by atoms with Gasteiger partial charge in [0, 0.05) is 24.7 Å². The first-order valence-electron chi connectivity index (χ1n) is 9.54. The largest absolute Gasteiger partial charge is 0.345 e. The third-order valence-electron chi connectivity index (χ3n) is 5.06. The van der Waals surface area contributed by atoms with Crippen molar-refractivity contribution in [2.24, 2.45) is 0 Å². The quantitative estimate of drug-likeness (QED) is 0.749. The van der Waals surface area contributed by atoms with Crippen LogP contribution in [0.1, 0.15) is 41.2 Å². The molecule has 2 unspecified atom stereocenters. The van der Waals surface area contributed by atoms with Crippen LogP contribution in [-0.4, -0.2) is 42.9 Å². The van der Waals surface area contributed by atoms with E-state index in [1.807, 2.05) is 60.5 Å². The molecule has 0 spiro atoms. The zero-order valence-corrected chi connectivity index (χ0v) is 17.0. The second-order valence-corrected chi connectivity index (χ2v) is 6.95. The zero-order valence-electron chi connectivity index (χ0n) is 16.1. The molecule has 0 aromatic heterocycles. The van der Waals surface area contributed by atoms with Gasteiger partial charge in [-0.05, 0) is 37.6 Å². The van der Waals surface area contributed by atoms with Crippen molar-refractivity contribution in [2.45, 2.75) is 31.3 Å². The average Bonchev–Trinajstić information content (AvgIpc) is 3.17. The predicted molar refractivity (Wildman–Crippen MR) is 114 cm³/mol. The Labute approximate surface area is 172 Å². The van der Waals surface area contributed by atoms with E-state index >= 15 is 0 Å². The molecule has 5 nitrogen and oxygen atoms in total. The summed E-state index contributed by atoms with van der Waals surface area (Å²) < 4.78 is 0. The van der Waals surface area contributed by atoms with Crippen LogP contribution in [0.25, 0.3) is 0 Å². The van der Waals surface area contributed by atoms with E-state index in [2.05, 4.69) is 10.6 Å². The first-order chi connectivity index (χ1) is 13.2. The van der Waals surface area contributed by atoms with E-state index in [0.29, 0.717) is 5.56 Å². The standard InChI is InChI=1S/C22H27N3O2.ClH/c1-23-16-19-13-8-14-25(19)21(26)15-20(17-9-4-2-5-10-17)24-22(27)18-11-6-3-7-12-18;/h2-7,9-12,19-20,23H,8,13-16H2,1H3,(H,24,27);1H. The third-order valence-corrected chi connectivity index (χ3v) is 5.06. The summed E-state index contributed by atoms with van der Waals surface area (Å²) in [6, 6.07) is 18.7. The van der Waals surface area contributed by atoms with Gasteiger partial charge in [0.05, 0.1) is 12.5 Å². The molecule has 1 aliphatic heterocycles. The Morgan fingerprint density at radius 1 is 1.07 bits per heavy atom. The molecular weight excluding hydrogens is 374 g/mol. The molecule has 0 aliphatic carbocycles. The zero-order chi connectivity index (χ0) is 19.1. The summed E-state index contributed by atoms with van der Waals surface area (Å²) in [6.07, 6.45) is 2.33. The van der Waals surface area contributed by atoms with Gasteiger partial charge in [0.15, 0.2) is 0 Å². The highest BCUT2D eigenvalue weighted by Crippen LogP contribution is 2.23. The van der Waals surface area contributed by atoms with Gasteiger partial charge in [-0.25, -0.2) is 0 Å². The van der Waals surface area contributed by atoms with Crippen molar-refractivity contribution in [3.8, 4) is 0 Å². The Kier molecular flexibility index (Phi) is 8.48. The van der Waals surface area contributed by atoms with Gasteiger partial charge in [0.25, 0.3) is 5.91 Å². The normalized spacial score (nSPS) is 16.9. The van der Waals surface area contributed by atoms with Gasteiger partial charge in [-0.3, -0.25) is 9.59 Å². The summed E-state index contributed by atoms with van der Waals surface area (Å²) >= 11 is 0. The minimum atomic E-state index is -0.345. The highest BCUT2D eigenvalue weighted by molar-refractivity contribution is 5.94. The van der Waals surface area contributed by atoms with Crippen molar-refractivity contribution >= 4 is 24.2 Å². The molecule has 1 heterocycles. The monoisotopic (exact) mass is 401 g/mol. The van der Waals surface area contributed by atoms with E-state index in [1.54, 1.807) is 12.1 Å². The van der Waals surface area contributed by atoms with Gasteiger partial charge in [0.1, 0.15) is 0 Å². The topological polar surface area (TPSA) is 61.4 Å². The number of nitrogens with one attached hydrogen (secondary N) is 2. The van der Waals surface area contributed by atoms with Crippen molar-refractivity contribution in [1.29, 1.82) is 0 Å². The van der Waals surface area contributed by atoms with E-state index in [1.165, 1.54) is 0 Å². The number of halogens is 1. The molecule has 1 fully saturated rings. The summed E-state index contributed by atoms with van der Waals surface area (Å²) in [7, 11) is 1.91. The average molecular weight is 402 g/mol. The van der Waals surface area contributed by atoms with Gasteiger partial charge >= 0.3 is 0 Å². The summed E-state index contributed by atoms with van der Waals surface area (Å²) in [5.41, 5.74) is 1.54. The first kappa shape index (κ1) is 21.9. The lowest BCUT2D eigenvalue weighted by molar-refractivity contribution is -0.132. The number of hydrogen-bond donors (Lipinski definition) is 2. The maximum absolute atomic E-state index is 13.0. The molecule has 150 valence electrons. The van der Waals surface area contributed by atoms with E-state index in [4.69, 9.17) is 0 Å². The summed E-state index contributed by atoms with van der Waals surface area (Å²) in [6.45, 7) is 1.59. The SMILES string of the molecule is CNCC1CCCN1C(=O)CC(NC(=O)c1ccccc1)c1ccccc1.Cl. The number of amides is 2. The van der Waals surface area contributed by atoms with Crippen molar-refractivity contribution in [3.63, 3.8) is 0 Å². The van der Waals surface area contributed by atoms with Crippen LogP contribution in [0, 0.1) is 0 Å². The highest BCUT2D eigenvalue weighted by Gasteiger charge is 2.30. The second kappa shape index (κ2) is 10.8. The molecule has 2 atom stereocenters. The Balaban J connectivity index is 0.00000280. The Morgan fingerprint density at radius 2 is 1.71 bits per heavy atom. The molecule has 0 saturated carbocycles. The number of benzene rings is 2. The Bertz CT molecular complexity index is 755. The molecule has 1 aliphatic rings. The molecule has 2 aromatic carbocycles. The Hall–Kier alpha value is -2.37. The molecule has 0 radical (unpaired) electrons. The minimum Gasteiger partial charge on any atom is -0.345 e. The number of nitrogens with zero attached hydrogens (tertiary/aromatic N) is 1. The predicted octanol–water partition coefficient (Wildman–Crippen LogP) is 3.18. The van der Waals surface area contributed by atoms with Crippen molar-refractivity contribution in [1.82, 2.24) is 15.5 Å². The van der Waals surface area contributed by atoms with E-state index < -0.39 is 0 Å². The number of likely N-dealkylation sites (tertiary alicyclic amines) is 1. The van der Waals surface area contributed by atoms with Crippen molar-refractivity contribution < 1.29 is 9.59 Å². The third kappa shape index (κ3) is 5.57. The number of rotatable bonds is 7. The van der Waals surface area contributed by atoms with Gasteiger partial charge in [-0.15, -0.1) is 12.4 Å². The van der Waals surface area contributed by atoms with Gasteiger partial charge < -0.3 is 15.5 Å². The van der Waals surface area contributed by atoms with Gasteiger partial charge in [-0.1, -0.05) is 48.5 Å². The van der Waals surface area contributed by atoms with Crippen molar-refractivity contribution in [3.05, 3.63) is 71.8 Å². The van der Waals surface area contributed by atoms with Crippen LogP contribution in [0.15, 0.2) is 60.7 Å². The van der Waals surface area contributed by atoms with Crippen LogP contribution >= 0.6 is 12.4 Å². The maximum atomic E-state index is 13.0. The molecule has 6 heteroatoms. The lowest BCUT2D eigenvalue weighted by Gasteiger charge is -2.27. The number of hydrogen-bond acceptors (Lipinski definition) is 3. The number of likely N-dealkylation sites (N-methyl/N-ethyl adjacent to an activating group) is 1. The van der Waals surface area contributed by atoms with Crippen LogP contribution in [0.4, 0.5) is 0 Å². The minimum absolute atomic E-state index is 0. The molecule has 2 aromatic rings. The Morgan fingerprint density at radius 3 is 2.36 bits per heavy atom. The van der Waals surface area contributed by atoms with E-state index in [-0.39, 0.29) is 42.7 Å². The highest BCUT2D eigenvalue weighted by atomic mass is 35.5. The molecule has 0 bridgehead atoms. The van der Waals surface area contributed by atoms with Gasteiger partial charge in [-0.2, -0.15) is 0 Å². The van der Waals surface area contributed by atoms with Crippen LogP contribution in [0.2, 0.25) is 0 Å². The molecule has 2 amide bonds. The molecule has 28 heavy (non-hydrogen) atoms. The fourth-order valence-corrected chi connectivity index (χ4v) is 3.67. The van der Waals surface area contributed by atoms with E-state index in [9.17, 15) is 9.59 Å². The molecule has 3 rings (SSSR count). The molecule has 2 N–H and O–H groups in total. The number of carbonyl (C=O) groups excluding carboxylic acids is 2. The maximum Gasteiger partial charge on any atom is 0.251 e. The fraction of sp³-hybridized carbons (Fsp3) is 0.364.